The first-order valence-corrected chi connectivity index (χ1v) is 4.05. The van der Waals surface area contributed by atoms with E-state index in [1.165, 1.54) is 0 Å². The predicted octanol–water partition coefficient (Wildman–Crippen LogP) is 1.03. The molecule has 0 amide bonds. The Morgan fingerprint density at radius 1 is 1.55 bits per heavy atom. The van der Waals surface area contributed by atoms with Crippen LogP contribution in [0.3, 0.4) is 0 Å². The zero-order chi connectivity index (χ0) is 8.27. The van der Waals surface area contributed by atoms with E-state index in [0.29, 0.717) is 19.1 Å². The smallest absolute Gasteiger partial charge is 0.162 e. The maximum Gasteiger partial charge on any atom is 0.162 e. The van der Waals surface area contributed by atoms with Crippen LogP contribution in [0, 0.1) is 5.92 Å². The van der Waals surface area contributed by atoms with E-state index in [1.807, 2.05) is 6.92 Å². The first-order chi connectivity index (χ1) is 5.29. The topological polar surface area (TPSA) is 27.7 Å². The highest BCUT2D eigenvalue weighted by molar-refractivity contribution is 4.75. The van der Waals surface area contributed by atoms with Crippen LogP contribution in [0.5, 0.6) is 0 Å². The lowest BCUT2D eigenvalue weighted by Crippen LogP contribution is -2.24. The van der Waals surface area contributed by atoms with Crippen LogP contribution >= 0.6 is 0 Å². The van der Waals surface area contributed by atoms with Gasteiger partial charge in [-0.3, -0.25) is 0 Å². The SMILES string of the molecule is CCOC1OCC(OC)C1C. The summed E-state index contributed by atoms with van der Waals surface area (Å²) in [4.78, 5) is 0. The number of hydrogen-bond acceptors (Lipinski definition) is 3. The van der Waals surface area contributed by atoms with Gasteiger partial charge in [-0.15, -0.1) is 0 Å². The predicted molar refractivity (Wildman–Crippen MR) is 41.3 cm³/mol. The second-order valence-electron chi connectivity index (χ2n) is 2.79. The van der Waals surface area contributed by atoms with E-state index in [-0.39, 0.29) is 12.4 Å². The number of methoxy groups -OCH3 is 1. The van der Waals surface area contributed by atoms with Crippen LogP contribution in [0.2, 0.25) is 0 Å². The van der Waals surface area contributed by atoms with Crippen molar-refractivity contribution in [3.63, 3.8) is 0 Å². The molecule has 11 heavy (non-hydrogen) atoms. The number of hydrogen-bond donors (Lipinski definition) is 0. The van der Waals surface area contributed by atoms with Crippen LogP contribution in [0.4, 0.5) is 0 Å². The van der Waals surface area contributed by atoms with Gasteiger partial charge in [0.2, 0.25) is 0 Å². The quantitative estimate of drug-likeness (QED) is 0.617. The minimum atomic E-state index is -0.0649. The fourth-order valence-electron chi connectivity index (χ4n) is 1.32. The van der Waals surface area contributed by atoms with Gasteiger partial charge in [0, 0.05) is 19.6 Å². The molecule has 0 spiro atoms. The van der Waals surface area contributed by atoms with Gasteiger partial charge >= 0.3 is 0 Å². The molecule has 3 atom stereocenters. The maximum absolute atomic E-state index is 5.36. The van der Waals surface area contributed by atoms with Crippen molar-refractivity contribution in [1.82, 2.24) is 0 Å². The molecular weight excluding hydrogens is 144 g/mol. The van der Waals surface area contributed by atoms with Gasteiger partial charge in [0.25, 0.3) is 0 Å². The second kappa shape index (κ2) is 4.04. The highest BCUT2D eigenvalue weighted by Gasteiger charge is 2.34. The third kappa shape index (κ3) is 1.92. The fourth-order valence-corrected chi connectivity index (χ4v) is 1.32. The normalized spacial score (nSPS) is 37.9. The monoisotopic (exact) mass is 160 g/mol. The van der Waals surface area contributed by atoms with Crippen molar-refractivity contribution in [2.45, 2.75) is 26.2 Å². The lowest BCUT2D eigenvalue weighted by Gasteiger charge is -2.16. The minimum Gasteiger partial charge on any atom is -0.379 e. The maximum atomic E-state index is 5.36. The molecule has 0 radical (unpaired) electrons. The summed E-state index contributed by atoms with van der Waals surface area (Å²) in [5.41, 5.74) is 0. The van der Waals surface area contributed by atoms with Crippen LogP contribution < -0.4 is 0 Å². The zero-order valence-corrected chi connectivity index (χ0v) is 7.37. The van der Waals surface area contributed by atoms with Gasteiger partial charge in [-0.2, -0.15) is 0 Å². The summed E-state index contributed by atoms with van der Waals surface area (Å²) >= 11 is 0. The molecule has 1 aliphatic heterocycles. The molecule has 0 aliphatic carbocycles. The zero-order valence-electron chi connectivity index (χ0n) is 7.37. The Morgan fingerprint density at radius 3 is 2.73 bits per heavy atom. The summed E-state index contributed by atoms with van der Waals surface area (Å²) < 4.78 is 15.9. The summed E-state index contributed by atoms with van der Waals surface area (Å²) in [5.74, 6) is 0.347. The molecule has 0 aromatic heterocycles. The second-order valence-corrected chi connectivity index (χ2v) is 2.79. The van der Waals surface area contributed by atoms with E-state index < -0.39 is 0 Å². The summed E-state index contributed by atoms with van der Waals surface area (Å²) in [7, 11) is 1.71. The highest BCUT2D eigenvalue weighted by Crippen LogP contribution is 2.23. The van der Waals surface area contributed by atoms with Crippen molar-refractivity contribution in [2.24, 2.45) is 5.92 Å². The molecule has 3 unspecified atom stereocenters. The molecule has 1 saturated heterocycles. The van der Waals surface area contributed by atoms with Gasteiger partial charge < -0.3 is 14.2 Å². The summed E-state index contributed by atoms with van der Waals surface area (Å²) in [5, 5.41) is 0. The molecule has 0 aromatic carbocycles. The molecule has 66 valence electrons. The van der Waals surface area contributed by atoms with E-state index in [0.717, 1.165) is 0 Å². The van der Waals surface area contributed by atoms with Gasteiger partial charge in [0.05, 0.1) is 12.7 Å². The fraction of sp³-hybridized carbons (Fsp3) is 1.00. The number of rotatable bonds is 3. The summed E-state index contributed by atoms with van der Waals surface area (Å²) in [6.45, 7) is 5.41. The molecule has 0 aromatic rings. The van der Waals surface area contributed by atoms with Crippen molar-refractivity contribution in [1.29, 1.82) is 0 Å². The van der Waals surface area contributed by atoms with E-state index in [2.05, 4.69) is 6.92 Å². The Labute approximate surface area is 67.6 Å². The summed E-state index contributed by atoms with van der Waals surface area (Å²) in [6, 6.07) is 0. The van der Waals surface area contributed by atoms with Crippen LogP contribution in [-0.4, -0.2) is 32.7 Å². The molecule has 3 heteroatoms. The molecule has 0 saturated carbocycles. The Bertz CT molecular complexity index is 116. The Kier molecular flexibility index (Phi) is 3.30. The van der Waals surface area contributed by atoms with Crippen molar-refractivity contribution < 1.29 is 14.2 Å². The standard InChI is InChI=1S/C8H16O3/c1-4-10-8-6(2)7(9-3)5-11-8/h6-8H,4-5H2,1-3H3. The molecule has 1 fully saturated rings. The summed E-state index contributed by atoms with van der Waals surface area (Å²) in [6.07, 6.45) is 0.136. The van der Waals surface area contributed by atoms with E-state index in [4.69, 9.17) is 14.2 Å². The first kappa shape index (κ1) is 8.97. The van der Waals surface area contributed by atoms with Gasteiger partial charge in [0.1, 0.15) is 0 Å². The molecular formula is C8H16O3. The molecule has 3 nitrogen and oxygen atoms in total. The van der Waals surface area contributed by atoms with Crippen LogP contribution in [0.25, 0.3) is 0 Å². The van der Waals surface area contributed by atoms with E-state index in [1.54, 1.807) is 7.11 Å². The molecule has 1 aliphatic rings. The highest BCUT2D eigenvalue weighted by atomic mass is 16.7. The van der Waals surface area contributed by atoms with Crippen molar-refractivity contribution >= 4 is 0 Å². The number of ether oxygens (including phenoxy) is 3. The van der Waals surface area contributed by atoms with Gasteiger partial charge in [-0.05, 0) is 6.92 Å². The van der Waals surface area contributed by atoms with Crippen molar-refractivity contribution in [3.05, 3.63) is 0 Å². The van der Waals surface area contributed by atoms with Crippen molar-refractivity contribution in [3.8, 4) is 0 Å². The largest absolute Gasteiger partial charge is 0.379 e. The molecule has 1 heterocycles. The van der Waals surface area contributed by atoms with Gasteiger partial charge in [-0.1, -0.05) is 6.92 Å². The van der Waals surface area contributed by atoms with Crippen LogP contribution in [0.15, 0.2) is 0 Å². The third-order valence-electron chi connectivity index (χ3n) is 2.07. The Morgan fingerprint density at radius 2 is 2.27 bits per heavy atom. The van der Waals surface area contributed by atoms with Gasteiger partial charge in [0.15, 0.2) is 6.29 Å². The average Bonchev–Trinajstić information content (AvgIpc) is 2.34. The molecule has 0 N–H and O–H groups in total. The lowest BCUT2D eigenvalue weighted by atomic mass is 10.1. The molecule has 0 bridgehead atoms. The van der Waals surface area contributed by atoms with Gasteiger partial charge in [-0.25, -0.2) is 0 Å². The third-order valence-corrected chi connectivity index (χ3v) is 2.07. The minimum absolute atomic E-state index is 0.0649. The first-order valence-electron chi connectivity index (χ1n) is 4.05. The lowest BCUT2D eigenvalue weighted by molar-refractivity contribution is -0.124. The molecule has 1 rings (SSSR count). The van der Waals surface area contributed by atoms with E-state index >= 15 is 0 Å². The van der Waals surface area contributed by atoms with Crippen molar-refractivity contribution in [2.75, 3.05) is 20.3 Å². The van der Waals surface area contributed by atoms with Crippen LogP contribution in [-0.2, 0) is 14.2 Å². The Balaban J connectivity index is 2.35. The van der Waals surface area contributed by atoms with E-state index in [9.17, 15) is 0 Å². The average molecular weight is 160 g/mol. The Hall–Kier alpha value is -0.120. The van der Waals surface area contributed by atoms with Crippen LogP contribution in [0.1, 0.15) is 13.8 Å².